The van der Waals surface area contributed by atoms with Crippen molar-refractivity contribution < 1.29 is 24.2 Å². The van der Waals surface area contributed by atoms with E-state index in [4.69, 9.17) is 9.47 Å². The second-order valence-corrected chi connectivity index (χ2v) is 9.91. The lowest BCUT2D eigenvalue weighted by Gasteiger charge is -2.21. The molecule has 1 saturated heterocycles. The molecular weight excluding hydrogens is 484 g/mol. The molecule has 9 heteroatoms. The zero-order chi connectivity index (χ0) is 24.7. The lowest BCUT2D eigenvalue weighted by Crippen LogP contribution is -2.28. The minimum absolute atomic E-state index is 0.0416. The van der Waals surface area contributed by atoms with E-state index in [0.29, 0.717) is 34.3 Å². The van der Waals surface area contributed by atoms with Gasteiger partial charge in [-0.05, 0) is 67.3 Å². The van der Waals surface area contributed by atoms with Crippen LogP contribution in [0.3, 0.4) is 0 Å². The number of aliphatic hydroxyl groups is 1. The van der Waals surface area contributed by atoms with E-state index in [1.54, 1.807) is 25.3 Å². The first kappa shape index (κ1) is 23.1. The van der Waals surface area contributed by atoms with Gasteiger partial charge in [-0.15, -0.1) is 11.3 Å². The first-order valence-corrected chi connectivity index (χ1v) is 12.6. The molecule has 0 aliphatic carbocycles. The second kappa shape index (κ2) is 9.16. The lowest BCUT2D eigenvalue weighted by molar-refractivity contribution is -0.132. The molecule has 1 atom stereocenters. The number of rotatable bonds is 6. The summed E-state index contributed by atoms with van der Waals surface area (Å²) in [7, 11) is 1.56. The summed E-state index contributed by atoms with van der Waals surface area (Å²) in [5, 5.41) is 13.6. The number of amides is 1. The fourth-order valence-electron chi connectivity index (χ4n) is 4.17. The van der Waals surface area contributed by atoms with E-state index in [9.17, 15) is 14.7 Å². The first-order chi connectivity index (χ1) is 16.9. The number of anilines is 1. The largest absolute Gasteiger partial charge is 0.507 e. The number of aliphatic hydroxyl groups excluding tert-OH is 1. The summed E-state index contributed by atoms with van der Waals surface area (Å²) in [6.45, 7) is 4.26. The van der Waals surface area contributed by atoms with Crippen LogP contribution < -0.4 is 14.4 Å². The average Bonchev–Trinajstić information content (AvgIpc) is 3.57. The summed E-state index contributed by atoms with van der Waals surface area (Å²) in [5.74, 6) is -0.341. The van der Waals surface area contributed by atoms with Gasteiger partial charge in [0.25, 0.3) is 5.78 Å². The number of hydrogen-bond acceptors (Lipinski definition) is 8. The van der Waals surface area contributed by atoms with Crippen LogP contribution in [0.2, 0.25) is 0 Å². The highest BCUT2D eigenvalue weighted by Crippen LogP contribution is 2.46. The van der Waals surface area contributed by atoms with Crippen LogP contribution in [0.15, 0.2) is 59.5 Å². The molecule has 178 valence electrons. The second-order valence-electron chi connectivity index (χ2n) is 7.92. The van der Waals surface area contributed by atoms with Crippen LogP contribution in [0.1, 0.15) is 29.0 Å². The van der Waals surface area contributed by atoms with Gasteiger partial charge in [-0.25, -0.2) is 4.98 Å². The van der Waals surface area contributed by atoms with Crippen LogP contribution in [0.25, 0.3) is 16.0 Å². The van der Waals surface area contributed by atoms with E-state index < -0.39 is 17.7 Å². The topological polar surface area (TPSA) is 89.0 Å². The van der Waals surface area contributed by atoms with E-state index >= 15 is 0 Å². The van der Waals surface area contributed by atoms with Crippen molar-refractivity contribution in [3.05, 3.63) is 75.5 Å². The van der Waals surface area contributed by atoms with E-state index in [1.165, 1.54) is 27.6 Å². The third kappa shape index (κ3) is 3.96. The number of fused-ring (bicyclic) bond motifs is 1. The SMILES string of the molecule is CCOc1ccc2nc(N3C(=O)C(=O)/C(=C(/O)c4ccc(OC)cc4C)C3c3cccs3)sc2c1. The Kier molecular flexibility index (Phi) is 6.04. The van der Waals surface area contributed by atoms with Crippen molar-refractivity contribution in [1.82, 2.24) is 4.98 Å². The molecule has 35 heavy (non-hydrogen) atoms. The van der Waals surface area contributed by atoms with Gasteiger partial charge in [-0.1, -0.05) is 17.4 Å². The normalized spacial score (nSPS) is 17.3. The third-order valence-corrected chi connectivity index (χ3v) is 7.75. The van der Waals surface area contributed by atoms with Crippen molar-refractivity contribution in [2.45, 2.75) is 19.9 Å². The van der Waals surface area contributed by atoms with Gasteiger partial charge in [-0.2, -0.15) is 0 Å². The zero-order valence-electron chi connectivity index (χ0n) is 19.3. The maximum atomic E-state index is 13.3. The molecule has 0 radical (unpaired) electrons. The minimum atomic E-state index is -0.788. The molecule has 1 aliphatic rings. The molecule has 0 saturated carbocycles. The smallest absolute Gasteiger partial charge is 0.301 e. The maximum absolute atomic E-state index is 13.3. The van der Waals surface area contributed by atoms with Gasteiger partial charge in [0.15, 0.2) is 5.13 Å². The van der Waals surface area contributed by atoms with Crippen molar-refractivity contribution in [1.29, 1.82) is 0 Å². The highest BCUT2D eigenvalue weighted by atomic mass is 32.1. The number of ether oxygens (including phenoxy) is 2. The molecule has 2 aromatic heterocycles. The molecule has 3 heterocycles. The van der Waals surface area contributed by atoms with Crippen molar-refractivity contribution >= 4 is 55.5 Å². The predicted octanol–water partition coefficient (Wildman–Crippen LogP) is 5.70. The number of methoxy groups -OCH3 is 1. The standard InChI is InChI=1S/C26H22N2O5S2/c1-4-33-16-8-10-18-20(13-16)35-26(27-18)28-22(19-6-5-11-34-19)21(24(30)25(28)31)23(29)17-9-7-15(32-3)12-14(17)2/h5-13,22,29H,4H2,1-3H3/b23-21+. The molecule has 1 fully saturated rings. The fourth-order valence-corrected chi connectivity index (χ4v) is 6.02. The number of hydrogen-bond donors (Lipinski definition) is 1. The van der Waals surface area contributed by atoms with Gasteiger partial charge in [0.05, 0.1) is 29.5 Å². The summed E-state index contributed by atoms with van der Waals surface area (Å²) in [6, 6.07) is 13.6. The Balaban J connectivity index is 1.67. The van der Waals surface area contributed by atoms with Crippen LogP contribution >= 0.6 is 22.7 Å². The van der Waals surface area contributed by atoms with Crippen molar-refractivity contribution in [3.8, 4) is 11.5 Å². The van der Waals surface area contributed by atoms with E-state index in [0.717, 1.165) is 15.1 Å². The number of thiazole rings is 1. The minimum Gasteiger partial charge on any atom is -0.507 e. The number of carbonyl (C=O) groups excluding carboxylic acids is 2. The van der Waals surface area contributed by atoms with E-state index in [-0.39, 0.29) is 11.3 Å². The number of aryl methyl sites for hydroxylation is 1. The van der Waals surface area contributed by atoms with Crippen molar-refractivity contribution in [2.24, 2.45) is 0 Å². The van der Waals surface area contributed by atoms with Gasteiger partial charge < -0.3 is 14.6 Å². The Morgan fingerprint density at radius 3 is 2.63 bits per heavy atom. The van der Waals surface area contributed by atoms with Crippen molar-refractivity contribution in [3.63, 3.8) is 0 Å². The molecular formula is C26H22N2O5S2. The van der Waals surface area contributed by atoms with E-state index in [1.807, 2.05) is 49.6 Å². The number of Topliss-reactive ketones (excluding diaryl/α,β-unsaturated/α-hetero) is 1. The molecule has 0 spiro atoms. The van der Waals surface area contributed by atoms with Crippen LogP contribution in [0.5, 0.6) is 11.5 Å². The zero-order valence-corrected chi connectivity index (χ0v) is 20.9. The monoisotopic (exact) mass is 506 g/mol. The van der Waals surface area contributed by atoms with Gasteiger partial charge in [0.1, 0.15) is 23.3 Å². The highest BCUT2D eigenvalue weighted by molar-refractivity contribution is 7.22. The molecule has 5 rings (SSSR count). The number of nitrogens with zero attached hydrogens (tertiary/aromatic N) is 2. The fraction of sp³-hybridized carbons (Fsp3) is 0.192. The maximum Gasteiger partial charge on any atom is 0.301 e. The average molecular weight is 507 g/mol. The van der Waals surface area contributed by atoms with Crippen LogP contribution in [-0.2, 0) is 9.59 Å². The Morgan fingerprint density at radius 1 is 1.14 bits per heavy atom. The third-order valence-electron chi connectivity index (χ3n) is 5.81. The number of thiophene rings is 1. The van der Waals surface area contributed by atoms with Crippen LogP contribution in [-0.4, -0.2) is 35.5 Å². The quantitative estimate of drug-likeness (QED) is 0.205. The van der Waals surface area contributed by atoms with Gasteiger partial charge in [0.2, 0.25) is 0 Å². The summed E-state index contributed by atoms with van der Waals surface area (Å²) in [4.78, 5) is 33.5. The summed E-state index contributed by atoms with van der Waals surface area (Å²) in [5.41, 5.74) is 1.93. The summed E-state index contributed by atoms with van der Waals surface area (Å²) < 4.78 is 11.7. The lowest BCUT2D eigenvalue weighted by atomic mass is 9.97. The van der Waals surface area contributed by atoms with Crippen LogP contribution in [0, 0.1) is 6.92 Å². The molecule has 4 aromatic rings. The Hall–Kier alpha value is -3.69. The number of aromatic nitrogens is 1. The van der Waals surface area contributed by atoms with Gasteiger partial charge in [0, 0.05) is 10.4 Å². The molecule has 0 bridgehead atoms. The molecule has 1 unspecified atom stereocenters. The molecule has 7 nitrogen and oxygen atoms in total. The molecule has 1 N–H and O–H groups in total. The van der Waals surface area contributed by atoms with Crippen LogP contribution in [0.4, 0.5) is 5.13 Å². The first-order valence-electron chi connectivity index (χ1n) is 11.0. The Bertz CT molecular complexity index is 1470. The van der Waals surface area contributed by atoms with Gasteiger partial charge >= 0.3 is 5.91 Å². The molecule has 1 aliphatic heterocycles. The number of carbonyl (C=O) groups is 2. The number of ketones is 1. The summed E-state index contributed by atoms with van der Waals surface area (Å²) >= 11 is 2.72. The van der Waals surface area contributed by atoms with E-state index in [2.05, 4.69) is 4.98 Å². The van der Waals surface area contributed by atoms with Crippen molar-refractivity contribution in [2.75, 3.05) is 18.6 Å². The predicted molar refractivity (Wildman–Crippen MR) is 138 cm³/mol. The molecule has 2 aromatic carbocycles. The Labute approximate surface area is 209 Å². The Morgan fingerprint density at radius 2 is 1.94 bits per heavy atom. The summed E-state index contributed by atoms with van der Waals surface area (Å²) in [6.07, 6.45) is 0. The van der Waals surface area contributed by atoms with Gasteiger partial charge in [-0.3, -0.25) is 14.5 Å². The highest BCUT2D eigenvalue weighted by Gasteiger charge is 2.48. The molecule has 1 amide bonds. The number of benzene rings is 2.